The lowest BCUT2D eigenvalue weighted by molar-refractivity contribution is 0.0427. The quantitative estimate of drug-likeness (QED) is 0.762. The number of carbonyl (C=O) groups excluding carboxylic acids is 1. The maximum atomic E-state index is 12.5. The van der Waals surface area contributed by atoms with Crippen molar-refractivity contribution in [2.45, 2.75) is 37.8 Å². The van der Waals surface area contributed by atoms with E-state index >= 15 is 0 Å². The summed E-state index contributed by atoms with van der Waals surface area (Å²) in [6, 6.07) is 4.20. The van der Waals surface area contributed by atoms with Crippen LogP contribution >= 0.6 is 34.3 Å². The molecule has 0 aromatic carbocycles. The zero-order chi connectivity index (χ0) is 17.9. The second-order valence-electron chi connectivity index (χ2n) is 6.78. The predicted octanol–water partition coefficient (Wildman–Crippen LogP) is 4.01. The average molecular weight is 412 g/mol. The number of thiophene rings is 1. The van der Waals surface area contributed by atoms with Crippen LogP contribution < -0.4 is 4.74 Å². The van der Waals surface area contributed by atoms with E-state index in [1.807, 2.05) is 16.3 Å². The number of ether oxygens (including phenoxy) is 1. The van der Waals surface area contributed by atoms with Gasteiger partial charge in [-0.1, -0.05) is 22.9 Å². The van der Waals surface area contributed by atoms with Crippen molar-refractivity contribution >= 4 is 40.2 Å². The average Bonchev–Trinajstić information content (AvgIpc) is 3.34. The van der Waals surface area contributed by atoms with Crippen LogP contribution in [0.3, 0.4) is 0 Å². The molecule has 0 bridgehead atoms. The summed E-state index contributed by atoms with van der Waals surface area (Å²) in [5, 5.41) is 2.73. The molecule has 2 aliphatic heterocycles. The van der Waals surface area contributed by atoms with Crippen LogP contribution in [-0.2, 0) is 0 Å². The predicted molar refractivity (Wildman–Crippen MR) is 106 cm³/mol. The molecule has 0 radical (unpaired) electrons. The molecule has 2 saturated heterocycles. The van der Waals surface area contributed by atoms with Gasteiger partial charge in [0.15, 0.2) is 0 Å². The van der Waals surface area contributed by atoms with Gasteiger partial charge < -0.3 is 9.64 Å². The minimum absolute atomic E-state index is 0.121. The number of aromatic nitrogens is 1. The summed E-state index contributed by atoms with van der Waals surface area (Å²) in [4.78, 5) is 22.0. The molecule has 2 aromatic rings. The van der Waals surface area contributed by atoms with Gasteiger partial charge >= 0.3 is 0 Å². The highest BCUT2D eigenvalue weighted by molar-refractivity contribution is 7.18. The van der Waals surface area contributed by atoms with Gasteiger partial charge in [0, 0.05) is 43.8 Å². The van der Waals surface area contributed by atoms with Gasteiger partial charge in [-0.3, -0.25) is 9.69 Å². The molecule has 2 aliphatic rings. The Morgan fingerprint density at radius 3 is 2.54 bits per heavy atom. The first-order chi connectivity index (χ1) is 12.7. The van der Waals surface area contributed by atoms with Crippen molar-refractivity contribution in [2.75, 3.05) is 26.2 Å². The van der Waals surface area contributed by atoms with Crippen LogP contribution in [0.5, 0.6) is 5.19 Å². The molecule has 0 aliphatic carbocycles. The van der Waals surface area contributed by atoms with E-state index in [-0.39, 0.29) is 12.0 Å². The lowest BCUT2D eigenvalue weighted by Crippen LogP contribution is -2.50. The summed E-state index contributed by atoms with van der Waals surface area (Å²) >= 11 is 8.87. The number of amides is 1. The zero-order valence-corrected chi connectivity index (χ0v) is 16.9. The Kier molecular flexibility index (Phi) is 5.78. The van der Waals surface area contributed by atoms with Gasteiger partial charge in [0.2, 0.25) is 0 Å². The Bertz CT molecular complexity index is 721. The number of piperidine rings is 2. The lowest BCUT2D eigenvalue weighted by Gasteiger charge is -2.41. The van der Waals surface area contributed by atoms with Gasteiger partial charge in [-0.15, -0.1) is 11.3 Å². The van der Waals surface area contributed by atoms with Gasteiger partial charge in [0.25, 0.3) is 11.1 Å². The lowest BCUT2D eigenvalue weighted by atomic mass is 9.99. The molecule has 0 spiro atoms. The van der Waals surface area contributed by atoms with E-state index in [4.69, 9.17) is 16.3 Å². The molecule has 4 heterocycles. The molecule has 0 saturated carbocycles. The summed E-state index contributed by atoms with van der Waals surface area (Å²) in [5.74, 6) is 0.121. The van der Waals surface area contributed by atoms with Crippen molar-refractivity contribution < 1.29 is 9.53 Å². The summed E-state index contributed by atoms with van der Waals surface area (Å²) in [5.41, 5.74) is 0. The molecule has 140 valence electrons. The highest BCUT2D eigenvalue weighted by Gasteiger charge is 2.30. The Balaban J connectivity index is 1.23. The molecule has 8 heteroatoms. The SMILES string of the molecule is O=C(c1ccc(Cl)s1)N1CCC(N2CCC(Oc3nccs3)CC2)CC1. The number of nitrogens with zero attached hydrogens (tertiary/aromatic N) is 3. The van der Waals surface area contributed by atoms with Crippen LogP contribution in [0.1, 0.15) is 35.4 Å². The topological polar surface area (TPSA) is 45.7 Å². The number of thiazole rings is 1. The van der Waals surface area contributed by atoms with Gasteiger partial charge in [-0.25, -0.2) is 4.98 Å². The number of halogens is 1. The van der Waals surface area contributed by atoms with Gasteiger partial charge in [-0.05, 0) is 37.8 Å². The van der Waals surface area contributed by atoms with E-state index in [0.29, 0.717) is 10.4 Å². The van der Waals surface area contributed by atoms with Crippen molar-refractivity contribution in [1.82, 2.24) is 14.8 Å². The van der Waals surface area contributed by atoms with Gasteiger partial charge in [0.1, 0.15) is 6.10 Å². The minimum Gasteiger partial charge on any atom is -0.467 e. The standard InChI is InChI=1S/C18H22ClN3O2S2/c19-16-2-1-15(26-16)17(23)22-8-3-13(4-9-22)21-10-5-14(6-11-21)24-18-20-7-12-25-18/h1-2,7,12-14H,3-6,8-11H2. The van der Waals surface area contributed by atoms with Crippen molar-refractivity contribution in [3.05, 3.63) is 32.9 Å². The van der Waals surface area contributed by atoms with E-state index in [2.05, 4.69) is 9.88 Å². The summed E-state index contributed by atoms with van der Waals surface area (Å²) in [6.07, 6.45) is 6.25. The molecule has 5 nitrogen and oxygen atoms in total. The van der Waals surface area contributed by atoms with E-state index in [1.54, 1.807) is 23.6 Å². The Morgan fingerprint density at radius 1 is 1.15 bits per heavy atom. The molecule has 2 aromatic heterocycles. The molecular weight excluding hydrogens is 390 g/mol. The summed E-state index contributed by atoms with van der Waals surface area (Å²) < 4.78 is 6.62. The smallest absolute Gasteiger partial charge is 0.273 e. The van der Waals surface area contributed by atoms with Crippen molar-refractivity contribution in [3.8, 4) is 5.19 Å². The first-order valence-electron chi connectivity index (χ1n) is 9.04. The Morgan fingerprint density at radius 2 is 1.92 bits per heavy atom. The van der Waals surface area contributed by atoms with Gasteiger partial charge in [0.05, 0.1) is 9.21 Å². The van der Waals surface area contributed by atoms with E-state index in [0.717, 1.165) is 61.9 Å². The second kappa shape index (κ2) is 8.25. The minimum atomic E-state index is 0.121. The van der Waals surface area contributed by atoms with Crippen LogP contribution in [0.2, 0.25) is 4.34 Å². The molecule has 0 N–H and O–H groups in total. The monoisotopic (exact) mass is 411 g/mol. The Labute approximate surface area is 166 Å². The maximum Gasteiger partial charge on any atom is 0.273 e. The normalized spacial score (nSPS) is 20.4. The molecule has 4 rings (SSSR count). The summed E-state index contributed by atoms with van der Waals surface area (Å²) in [7, 11) is 0. The first kappa shape index (κ1) is 18.2. The van der Waals surface area contributed by atoms with Crippen LogP contribution in [-0.4, -0.2) is 59.0 Å². The number of carbonyl (C=O) groups is 1. The largest absolute Gasteiger partial charge is 0.467 e. The zero-order valence-electron chi connectivity index (χ0n) is 14.5. The maximum absolute atomic E-state index is 12.5. The van der Waals surface area contributed by atoms with Crippen molar-refractivity contribution in [2.24, 2.45) is 0 Å². The summed E-state index contributed by atoms with van der Waals surface area (Å²) in [6.45, 7) is 3.79. The Hall–Kier alpha value is -1.15. The second-order valence-corrected chi connectivity index (χ2v) is 9.35. The molecule has 0 unspecified atom stereocenters. The van der Waals surface area contributed by atoms with Crippen LogP contribution in [0.4, 0.5) is 0 Å². The molecule has 1 amide bonds. The van der Waals surface area contributed by atoms with Crippen LogP contribution in [0.15, 0.2) is 23.7 Å². The van der Waals surface area contributed by atoms with Crippen LogP contribution in [0, 0.1) is 0 Å². The molecular formula is C18H22ClN3O2S2. The third-order valence-electron chi connectivity index (χ3n) is 5.21. The number of hydrogen-bond acceptors (Lipinski definition) is 6. The molecule has 2 fully saturated rings. The first-order valence-corrected chi connectivity index (χ1v) is 11.1. The third kappa shape index (κ3) is 4.22. The van der Waals surface area contributed by atoms with Crippen LogP contribution in [0.25, 0.3) is 0 Å². The third-order valence-corrected chi connectivity index (χ3v) is 7.09. The fourth-order valence-electron chi connectivity index (χ4n) is 3.79. The number of likely N-dealkylation sites (tertiary alicyclic amines) is 2. The van der Waals surface area contributed by atoms with Crippen molar-refractivity contribution in [3.63, 3.8) is 0 Å². The highest BCUT2D eigenvalue weighted by Crippen LogP contribution is 2.27. The van der Waals surface area contributed by atoms with E-state index in [9.17, 15) is 4.79 Å². The number of rotatable bonds is 4. The highest BCUT2D eigenvalue weighted by atomic mass is 35.5. The fourth-order valence-corrected chi connectivity index (χ4v) is 5.35. The van der Waals surface area contributed by atoms with Crippen molar-refractivity contribution in [1.29, 1.82) is 0 Å². The van der Waals surface area contributed by atoms with Gasteiger partial charge in [-0.2, -0.15) is 0 Å². The fraction of sp³-hybridized carbons (Fsp3) is 0.556. The van der Waals surface area contributed by atoms with E-state index < -0.39 is 0 Å². The number of hydrogen-bond donors (Lipinski definition) is 0. The molecule has 26 heavy (non-hydrogen) atoms. The molecule has 0 atom stereocenters. The van der Waals surface area contributed by atoms with E-state index in [1.165, 1.54) is 11.3 Å².